The third-order valence-corrected chi connectivity index (χ3v) is 7.82. The van der Waals surface area contributed by atoms with Gasteiger partial charge in [0.15, 0.2) is 0 Å². The van der Waals surface area contributed by atoms with E-state index < -0.39 is 0 Å². The van der Waals surface area contributed by atoms with Gasteiger partial charge in [0.2, 0.25) is 5.95 Å². The lowest BCUT2D eigenvalue weighted by Crippen LogP contribution is -2.42. The summed E-state index contributed by atoms with van der Waals surface area (Å²) in [5.41, 5.74) is 9.16. The molecule has 2 heterocycles. The highest BCUT2D eigenvalue weighted by Crippen LogP contribution is 2.49. The molecule has 5 rings (SSSR count). The van der Waals surface area contributed by atoms with Gasteiger partial charge in [-0.2, -0.15) is 4.98 Å². The highest BCUT2D eigenvalue weighted by atomic mass is 15.2. The largest absolute Gasteiger partial charge is 0.368 e. The maximum absolute atomic E-state index is 6.17. The van der Waals surface area contributed by atoms with Gasteiger partial charge in [-0.1, -0.05) is 12.8 Å². The van der Waals surface area contributed by atoms with Gasteiger partial charge >= 0.3 is 0 Å². The summed E-state index contributed by atoms with van der Waals surface area (Å²) in [6, 6.07) is 0.553. The molecule has 1 spiro atoms. The molecule has 27 heavy (non-hydrogen) atoms. The lowest BCUT2D eigenvalue weighted by atomic mass is 9.71. The molecule has 148 valence electrons. The van der Waals surface area contributed by atoms with Crippen LogP contribution >= 0.6 is 0 Å². The first-order valence-corrected chi connectivity index (χ1v) is 11.4. The van der Waals surface area contributed by atoms with Crippen LogP contribution in [0.15, 0.2) is 0 Å². The van der Waals surface area contributed by atoms with Crippen LogP contribution in [0.2, 0.25) is 0 Å². The smallest absolute Gasteiger partial charge is 0.222 e. The molecule has 5 heteroatoms. The number of nitrogen functional groups attached to an aromatic ring is 1. The van der Waals surface area contributed by atoms with E-state index in [1.807, 2.05) is 0 Å². The molecular formula is C22H35N5. The van der Waals surface area contributed by atoms with Crippen LogP contribution in [0, 0.1) is 5.92 Å². The highest BCUT2D eigenvalue weighted by molar-refractivity contribution is 5.53. The quantitative estimate of drug-likeness (QED) is 0.843. The van der Waals surface area contributed by atoms with Crippen LogP contribution in [0.3, 0.4) is 0 Å². The van der Waals surface area contributed by atoms with Crippen LogP contribution in [0.25, 0.3) is 0 Å². The molecule has 2 saturated carbocycles. The summed E-state index contributed by atoms with van der Waals surface area (Å²) in [6.45, 7) is 3.98. The third-order valence-electron chi connectivity index (χ3n) is 7.82. The summed E-state index contributed by atoms with van der Waals surface area (Å²) >= 11 is 0. The molecule has 0 unspecified atom stereocenters. The van der Waals surface area contributed by atoms with Crippen LogP contribution in [0.1, 0.15) is 81.9 Å². The molecule has 0 atom stereocenters. The monoisotopic (exact) mass is 369 g/mol. The van der Waals surface area contributed by atoms with Crippen molar-refractivity contribution >= 4 is 11.8 Å². The van der Waals surface area contributed by atoms with E-state index in [0.29, 0.717) is 17.4 Å². The van der Waals surface area contributed by atoms with Crippen molar-refractivity contribution in [1.29, 1.82) is 0 Å². The van der Waals surface area contributed by atoms with Crippen molar-refractivity contribution in [2.45, 2.75) is 88.5 Å². The van der Waals surface area contributed by atoms with Gasteiger partial charge < -0.3 is 16.0 Å². The number of fused-ring (bicyclic) bond motifs is 2. The number of aromatic nitrogens is 2. The van der Waals surface area contributed by atoms with E-state index in [1.54, 1.807) is 0 Å². The van der Waals surface area contributed by atoms with E-state index in [9.17, 15) is 0 Å². The topological polar surface area (TPSA) is 67.1 Å². The molecule has 1 saturated heterocycles. The molecule has 1 aliphatic heterocycles. The minimum absolute atomic E-state index is 0.302. The van der Waals surface area contributed by atoms with E-state index >= 15 is 0 Å². The lowest BCUT2D eigenvalue weighted by molar-refractivity contribution is 0.134. The number of anilines is 2. The molecule has 0 bridgehead atoms. The Hall–Kier alpha value is -1.36. The maximum Gasteiger partial charge on any atom is 0.222 e. The van der Waals surface area contributed by atoms with Gasteiger partial charge in [-0.15, -0.1) is 0 Å². The highest BCUT2D eigenvalue weighted by Gasteiger charge is 2.42. The van der Waals surface area contributed by atoms with E-state index in [1.165, 1.54) is 102 Å². The minimum atomic E-state index is 0.302. The zero-order valence-electron chi connectivity index (χ0n) is 16.7. The molecule has 0 aromatic carbocycles. The molecule has 0 amide bonds. The molecular weight excluding hydrogens is 334 g/mol. The van der Waals surface area contributed by atoms with Crippen LogP contribution in [-0.4, -0.2) is 40.5 Å². The van der Waals surface area contributed by atoms with Crippen molar-refractivity contribution in [3.63, 3.8) is 0 Å². The number of rotatable bonds is 4. The fraction of sp³-hybridized carbons (Fsp3) is 0.818. The Morgan fingerprint density at radius 3 is 2.41 bits per heavy atom. The van der Waals surface area contributed by atoms with Gasteiger partial charge in [-0.05, 0) is 83.2 Å². The average molecular weight is 370 g/mol. The van der Waals surface area contributed by atoms with Gasteiger partial charge in [0.1, 0.15) is 5.82 Å². The Bertz CT molecular complexity index is 670. The van der Waals surface area contributed by atoms with Gasteiger partial charge in [0.25, 0.3) is 0 Å². The lowest BCUT2D eigenvalue weighted by Gasteiger charge is -2.38. The normalized spacial score (nSPS) is 30.1. The molecule has 5 nitrogen and oxygen atoms in total. The van der Waals surface area contributed by atoms with Gasteiger partial charge in [-0.25, -0.2) is 4.98 Å². The average Bonchev–Trinajstić information content (AvgIpc) is 3.10. The van der Waals surface area contributed by atoms with E-state index in [0.717, 1.165) is 18.2 Å². The predicted molar refractivity (Wildman–Crippen MR) is 110 cm³/mol. The number of nitrogens with zero attached hydrogens (tertiary/aromatic N) is 3. The number of hydrogen-bond acceptors (Lipinski definition) is 5. The Balaban J connectivity index is 1.29. The summed E-state index contributed by atoms with van der Waals surface area (Å²) in [4.78, 5) is 12.1. The van der Waals surface area contributed by atoms with Gasteiger partial charge in [-0.3, -0.25) is 0 Å². The second kappa shape index (κ2) is 7.23. The Morgan fingerprint density at radius 2 is 1.70 bits per heavy atom. The van der Waals surface area contributed by atoms with Crippen molar-refractivity contribution in [2.24, 2.45) is 5.92 Å². The zero-order chi connectivity index (χ0) is 18.3. The second-order valence-corrected chi connectivity index (χ2v) is 9.61. The standard InChI is InChI=1S/C22H35N5/c23-21-25-19-18(5-3-12-22(19)10-1-2-11-22)20(26-21)24-17-8-6-16(7-9-17)15-27-13-4-14-27/h16-17H,1-15H2,(H3,23,24,25,26)/t16-,17-. The van der Waals surface area contributed by atoms with Crippen LogP contribution in [-0.2, 0) is 11.8 Å². The third kappa shape index (κ3) is 3.43. The molecule has 3 N–H and O–H groups in total. The van der Waals surface area contributed by atoms with E-state index in [4.69, 9.17) is 10.7 Å². The van der Waals surface area contributed by atoms with Crippen molar-refractivity contribution in [3.8, 4) is 0 Å². The molecule has 0 radical (unpaired) electrons. The summed E-state index contributed by atoms with van der Waals surface area (Å²) in [5.74, 6) is 2.43. The van der Waals surface area contributed by atoms with Crippen LogP contribution in [0.5, 0.6) is 0 Å². The molecule has 4 aliphatic rings. The van der Waals surface area contributed by atoms with Crippen LogP contribution in [0.4, 0.5) is 11.8 Å². The van der Waals surface area contributed by atoms with E-state index in [-0.39, 0.29) is 0 Å². The Morgan fingerprint density at radius 1 is 0.963 bits per heavy atom. The summed E-state index contributed by atoms with van der Waals surface area (Å²) in [5, 5.41) is 3.81. The number of likely N-dealkylation sites (tertiary alicyclic amines) is 1. The van der Waals surface area contributed by atoms with Crippen molar-refractivity contribution in [2.75, 3.05) is 30.7 Å². The van der Waals surface area contributed by atoms with Gasteiger partial charge in [0.05, 0.1) is 5.69 Å². The first kappa shape index (κ1) is 17.7. The number of nitrogens with two attached hydrogens (primary N) is 1. The molecule has 3 fully saturated rings. The summed E-state index contributed by atoms with van der Waals surface area (Å²) in [7, 11) is 0. The Labute approximate surface area is 163 Å². The predicted octanol–water partition coefficient (Wildman–Crippen LogP) is 3.88. The first-order valence-electron chi connectivity index (χ1n) is 11.4. The first-order chi connectivity index (χ1) is 13.2. The molecule has 1 aromatic heterocycles. The summed E-state index contributed by atoms with van der Waals surface area (Å²) in [6.07, 6.45) is 15.6. The maximum atomic E-state index is 6.17. The second-order valence-electron chi connectivity index (χ2n) is 9.61. The van der Waals surface area contributed by atoms with Crippen molar-refractivity contribution < 1.29 is 0 Å². The molecule has 3 aliphatic carbocycles. The fourth-order valence-corrected chi connectivity index (χ4v) is 6.17. The van der Waals surface area contributed by atoms with Gasteiger partial charge in [0, 0.05) is 23.6 Å². The number of hydrogen-bond donors (Lipinski definition) is 2. The van der Waals surface area contributed by atoms with Crippen molar-refractivity contribution in [3.05, 3.63) is 11.3 Å². The number of nitrogens with one attached hydrogen (secondary N) is 1. The zero-order valence-corrected chi connectivity index (χ0v) is 16.7. The minimum Gasteiger partial charge on any atom is -0.368 e. The van der Waals surface area contributed by atoms with Crippen molar-refractivity contribution in [1.82, 2.24) is 14.9 Å². The summed E-state index contributed by atoms with van der Waals surface area (Å²) < 4.78 is 0. The van der Waals surface area contributed by atoms with E-state index in [2.05, 4.69) is 15.2 Å². The molecule has 1 aromatic rings. The fourth-order valence-electron chi connectivity index (χ4n) is 6.17. The van der Waals surface area contributed by atoms with Crippen LogP contribution < -0.4 is 11.1 Å². The Kier molecular flexibility index (Phi) is 4.75. The SMILES string of the molecule is Nc1nc(N[C@H]2CC[C@H](CN3CCC3)CC2)c2c(n1)C1(CCCC1)CCC2.